The molecule has 2 N–H and O–H groups in total. The van der Waals surface area contributed by atoms with Crippen LogP contribution < -0.4 is 15.5 Å². The molecule has 9 nitrogen and oxygen atoms in total. The Morgan fingerprint density at radius 3 is 2.31 bits per heavy atom. The molecule has 6 aromatic rings. The van der Waals surface area contributed by atoms with Crippen molar-refractivity contribution in [3.63, 3.8) is 0 Å². The molecule has 1 fully saturated rings. The molecule has 1 aliphatic heterocycles. The fourth-order valence-electron chi connectivity index (χ4n) is 5.43. The Morgan fingerprint density at radius 1 is 0.843 bits per heavy atom. The number of rotatable bonds is 9. The fraction of sp³-hybridized carbons (Fsp3) is 0.0513. The lowest BCUT2D eigenvalue weighted by molar-refractivity contribution is -0.121. The largest absolute Gasteiger partial charge is 0.436 e. The second-order valence-electron chi connectivity index (χ2n) is 11.4. The van der Waals surface area contributed by atoms with Crippen molar-refractivity contribution < 1.29 is 23.6 Å². The van der Waals surface area contributed by atoms with Crippen LogP contribution >= 0.6 is 35.0 Å². The first-order valence-electron chi connectivity index (χ1n) is 15.7. The highest BCUT2D eigenvalue weighted by Gasteiger charge is 2.40. The molecule has 0 radical (unpaired) electrons. The van der Waals surface area contributed by atoms with Gasteiger partial charge in [0.25, 0.3) is 11.8 Å². The number of carbonyl (C=O) groups excluding carboxylic acids is 4. The van der Waals surface area contributed by atoms with Crippen LogP contribution in [0.15, 0.2) is 136 Å². The number of benzene rings is 5. The molecule has 12 heteroatoms. The van der Waals surface area contributed by atoms with Gasteiger partial charge in [0.2, 0.25) is 17.7 Å². The summed E-state index contributed by atoms with van der Waals surface area (Å²) in [5.74, 6) is -1.24. The van der Waals surface area contributed by atoms with E-state index in [0.29, 0.717) is 39.0 Å². The molecular formula is C39H26Cl2N4O5S. The van der Waals surface area contributed by atoms with Crippen LogP contribution in [0.3, 0.4) is 0 Å². The second-order valence-corrected chi connectivity index (χ2v) is 13.5. The molecule has 51 heavy (non-hydrogen) atoms. The predicted molar refractivity (Wildman–Crippen MR) is 200 cm³/mol. The third kappa shape index (κ3) is 7.44. The zero-order valence-corrected chi connectivity index (χ0v) is 28.8. The van der Waals surface area contributed by atoms with Crippen molar-refractivity contribution in [2.45, 2.75) is 16.6 Å². The van der Waals surface area contributed by atoms with Gasteiger partial charge in [-0.2, -0.15) is 0 Å². The van der Waals surface area contributed by atoms with Crippen LogP contribution in [-0.4, -0.2) is 33.9 Å². The molecule has 0 bridgehead atoms. The second kappa shape index (κ2) is 14.7. The summed E-state index contributed by atoms with van der Waals surface area (Å²) in [6.45, 7) is 0. The van der Waals surface area contributed by atoms with E-state index >= 15 is 0 Å². The average Bonchev–Trinajstić information content (AvgIpc) is 3.70. The van der Waals surface area contributed by atoms with E-state index in [1.807, 2.05) is 24.3 Å². The minimum atomic E-state index is -0.625. The Balaban J connectivity index is 1.02. The summed E-state index contributed by atoms with van der Waals surface area (Å²) in [7, 11) is 0. The van der Waals surface area contributed by atoms with Crippen LogP contribution in [0.4, 0.5) is 11.4 Å². The van der Waals surface area contributed by atoms with Crippen molar-refractivity contribution in [3.05, 3.63) is 148 Å². The number of halogens is 2. The number of oxazole rings is 1. The van der Waals surface area contributed by atoms with E-state index in [1.54, 1.807) is 97.1 Å². The number of para-hydroxylation sites is 2. The van der Waals surface area contributed by atoms with Crippen LogP contribution in [0, 0.1) is 0 Å². The van der Waals surface area contributed by atoms with E-state index in [9.17, 15) is 19.2 Å². The maximum Gasteiger partial charge on any atom is 0.272 e. The third-order valence-corrected chi connectivity index (χ3v) is 10.0. The quantitative estimate of drug-likeness (QED) is 0.113. The summed E-state index contributed by atoms with van der Waals surface area (Å²) in [6.07, 6.45) is 1.49. The Bertz CT molecular complexity index is 2290. The van der Waals surface area contributed by atoms with E-state index in [1.165, 1.54) is 22.7 Å². The highest BCUT2D eigenvalue weighted by atomic mass is 35.5. The summed E-state index contributed by atoms with van der Waals surface area (Å²) in [6, 6.07) is 34.7. The molecule has 1 atom stereocenters. The molecule has 4 amide bonds. The van der Waals surface area contributed by atoms with Gasteiger partial charge >= 0.3 is 0 Å². The molecule has 252 valence electrons. The lowest BCUT2D eigenvalue weighted by Crippen LogP contribution is -2.31. The van der Waals surface area contributed by atoms with Crippen LogP contribution in [0.2, 0.25) is 10.0 Å². The van der Waals surface area contributed by atoms with Gasteiger partial charge in [0.05, 0.1) is 21.0 Å². The van der Waals surface area contributed by atoms with Gasteiger partial charge in [-0.15, -0.1) is 11.8 Å². The third-order valence-electron chi connectivity index (χ3n) is 7.97. The highest BCUT2D eigenvalue weighted by Crippen LogP contribution is 2.35. The lowest BCUT2D eigenvalue weighted by Gasteiger charge is -2.15. The average molecular weight is 734 g/mol. The van der Waals surface area contributed by atoms with E-state index in [-0.39, 0.29) is 29.0 Å². The summed E-state index contributed by atoms with van der Waals surface area (Å²) in [5.41, 5.74) is 3.80. The van der Waals surface area contributed by atoms with Crippen molar-refractivity contribution >= 4 is 87.1 Å². The Hall–Kier alpha value is -5.68. The topological polar surface area (TPSA) is 122 Å². The number of fused-ring (bicyclic) bond motifs is 1. The van der Waals surface area contributed by atoms with Gasteiger partial charge in [0.1, 0.15) is 11.2 Å². The molecule has 1 aliphatic rings. The van der Waals surface area contributed by atoms with Crippen molar-refractivity contribution in [2.75, 3.05) is 10.2 Å². The Kier molecular flexibility index (Phi) is 9.72. The number of amides is 4. The monoisotopic (exact) mass is 732 g/mol. The zero-order valence-electron chi connectivity index (χ0n) is 26.5. The van der Waals surface area contributed by atoms with Crippen LogP contribution in [-0.2, 0) is 14.4 Å². The van der Waals surface area contributed by atoms with Crippen LogP contribution in [0.5, 0.6) is 0 Å². The number of imide groups is 1. The van der Waals surface area contributed by atoms with Gasteiger partial charge in [-0.05, 0) is 90.5 Å². The summed E-state index contributed by atoms with van der Waals surface area (Å²) in [4.78, 5) is 59.3. The molecule has 5 aromatic carbocycles. The minimum absolute atomic E-state index is 0.0379. The molecule has 1 saturated heterocycles. The van der Waals surface area contributed by atoms with Crippen molar-refractivity contribution in [3.8, 4) is 11.5 Å². The summed E-state index contributed by atoms with van der Waals surface area (Å²) >= 11 is 13.8. The molecule has 0 spiro atoms. The molecule has 1 aromatic heterocycles. The van der Waals surface area contributed by atoms with Gasteiger partial charge in [0.15, 0.2) is 5.58 Å². The number of nitrogens with zero attached hydrogens (tertiary/aromatic N) is 2. The van der Waals surface area contributed by atoms with E-state index in [0.717, 1.165) is 16.0 Å². The van der Waals surface area contributed by atoms with Gasteiger partial charge < -0.3 is 15.1 Å². The SMILES string of the molecule is O=C(Nc1ccc(SC2CC(=O)N(c3ccc(-c4nc5ccccc5o4)cc3)C2=O)cc1)/C(=C/c1cccc(Cl)c1Cl)NC(=O)c1ccccc1. The van der Waals surface area contributed by atoms with E-state index < -0.39 is 17.1 Å². The Morgan fingerprint density at radius 2 is 1.57 bits per heavy atom. The van der Waals surface area contributed by atoms with Crippen molar-refractivity contribution in [1.82, 2.24) is 10.3 Å². The molecule has 2 heterocycles. The normalized spacial score (nSPS) is 14.6. The number of hydrogen-bond acceptors (Lipinski definition) is 7. The van der Waals surface area contributed by atoms with Crippen LogP contribution in [0.25, 0.3) is 28.6 Å². The molecule has 0 saturated carbocycles. The van der Waals surface area contributed by atoms with Gasteiger partial charge in [-0.25, -0.2) is 9.88 Å². The van der Waals surface area contributed by atoms with Gasteiger partial charge in [-0.3, -0.25) is 19.2 Å². The number of nitrogens with one attached hydrogen (secondary N) is 2. The Labute approximate surface area is 306 Å². The molecule has 7 rings (SSSR count). The number of anilines is 2. The summed E-state index contributed by atoms with van der Waals surface area (Å²) < 4.78 is 5.84. The van der Waals surface area contributed by atoms with Crippen molar-refractivity contribution in [1.29, 1.82) is 0 Å². The number of hydrogen-bond donors (Lipinski definition) is 2. The van der Waals surface area contributed by atoms with E-state index in [4.69, 9.17) is 27.6 Å². The van der Waals surface area contributed by atoms with E-state index in [2.05, 4.69) is 15.6 Å². The first-order valence-corrected chi connectivity index (χ1v) is 17.3. The number of carbonyl (C=O) groups is 4. The molecule has 1 unspecified atom stereocenters. The maximum absolute atomic E-state index is 13.5. The minimum Gasteiger partial charge on any atom is -0.436 e. The standard InChI is InChI=1S/C39H26Cl2N4O5S/c40-29-10-6-9-25(35(29)41)21-31(43-36(47)23-7-2-1-3-8-23)37(48)42-26-15-19-28(20-16-26)51-33-22-34(46)45(39(33)49)27-17-13-24(14-18-27)38-44-30-11-4-5-12-32(30)50-38/h1-21,33H,22H2,(H,42,48)(H,43,47)/b31-21-. The van der Waals surface area contributed by atoms with Crippen molar-refractivity contribution in [2.24, 2.45) is 0 Å². The van der Waals surface area contributed by atoms with Gasteiger partial charge in [0, 0.05) is 28.1 Å². The predicted octanol–water partition coefficient (Wildman–Crippen LogP) is 8.64. The number of thioether (sulfide) groups is 1. The van der Waals surface area contributed by atoms with Gasteiger partial charge in [-0.1, -0.05) is 65.7 Å². The fourth-order valence-corrected chi connectivity index (χ4v) is 6.84. The zero-order chi connectivity index (χ0) is 35.5. The molecule has 0 aliphatic carbocycles. The smallest absolute Gasteiger partial charge is 0.272 e. The number of aromatic nitrogens is 1. The highest BCUT2D eigenvalue weighted by molar-refractivity contribution is 8.00. The van der Waals surface area contributed by atoms with Crippen LogP contribution in [0.1, 0.15) is 22.3 Å². The molecular weight excluding hydrogens is 707 g/mol. The first-order chi connectivity index (χ1) is 24.7. The lowest BCUT2D eigenvalue weighted by atomic mass is 10.1. The first kappa shape index (κ1) is 33.8. The summed E-state index contributed by atoms with van der Waals surface area (Å²) in [5, 5.41) is 5.37. The maximum atomic E-state index is 13.5.